The predicted molar refractivity (Wildman–Crippen MR) is 91.2 cm³/mol. The number of ether oxygens (including phenoxy) is 1. The van der Waals surface area contributed by atoms with Gasteiger partial charge >= 0.3 is 6.09 Å². The SMILES string of the molecule is CC(C)(C)N1C(=O)CSc2cc(N3C[C@H](C(N)=O)OC3=O)cc(F)c21. The Balaban J connectivity index is 2.02. The van der Waals surface area contributed by atoms with Crippen LogP contribution in [0.3, 0.4) is 0 Å². The van der Waals surface area contributed by atoms with E-state index in [0.717, 1.165) is 4.90 Å². The number of nitrogens with zero attached hydrogens (tertiary/aromatic N) is 2. The molecule has 1 atom stereocenters. The van der Waals surface area contributed by atoms with Crippen molar-refractivity contribution in [2.24, 2.45) is 5.73 Å². The third-order valence-corrected chi connectivity index (χ3v) is 4.96. The molecule has 0 radical (unpaired) electrons. The monoisotopic (exact) mass is 367 g/mol. The van der Waals surface area contributed by atoms with Crippen molar-refractivity contribution in [2.45, 2.75) is 37.3 Å². The van der Waals surface area contributed by atoms with Crippen molar-refractivity contribution in [3.63, 3.8) is 0 Å². The van der Waals surface area contributed by atoms with Crippen LogP contribution in [0, 0.1) is 5.82 Å². The van der Waals surface area contributed by atoms with Gasteiger partial charge in [0.25, 0.3) is 5.91 Å². The summed E-state index contributed by atoms with van der Waals surface area (Å²) in [6.45, 7) is 5.41. The minimum atomic E-state index is -1.06. The van der Waals surface area contributed by atoms with Crippen LogP contribution >= 0.6 is 11.8 Å². The Kier molecular flexibility index (Phi) is 4.14. The molecule has 0 saturated carbocycles. The number of thioether (sulfide) groups is 1. The van der Waals surface area contributed by atoms with Gasteiger partial charge in [-0.1, -0.05) is 0 Å². The molecule has 7 nitrogen and oxygen atoms in total. The van der Waals surface area contributed by atoms with Crippen LogP contribution < -0.4 is 15.5 Å². The van der Waals surface area contributed by atoms with Crippen LogP contribution in [0.2, 0.25) is 0 Å². The normalized spacial score (nSPS) is 20.6. The van der Waals surface area contributed by atoms with E-state index in [2.05, 4.69) is 0 Å². The molecule has 0 unspecified atom stereocenters. The molecule has 2 heterocycles. The van der Waals surface area contributed by atoms with Crippen LogP contribution in [0.1, 0.15) is 20.8 Å². The lowest BCUT2D eigenvalue weighted by Crippen LogP contribution is -2.49. The lowest BCUT2D eigenvalue weighted by atomic mass is 10.0. The lowest BCUT2D eigenvalue weighted by Gasteiger charge is -2.39. The summed E-state index contributed by atoms with van der Waals surface area (Å²) >= 11 is 1.21. The molecule has 2 aliphatic rings. The molecule has 3 amide bonds. The van der Waals surface area contributed by atoms with Gasteiger partial charge in [-0.15, -0.1) is 11.8 Å². The maximum atomic E-state index is 14.8. The van der Waals surface area contributed by atoms with Gasteiger partial charge in [0.2, 0.25) is 5.91 Å². The quantitative estimate of drug-likeness (QED) is 0.861. The fraction of sp³-hybridized carbons (Fsp3) is 0.438. The van der Waals surface area contributed by atoms with Gasteiger partial charge in [0, 0.05) is 10.4 Å². The summed E-state index contributed by atoms with van der Waals surface area (Å²) in [6, 6.07) is 2.79. The number of carbonyl (C=O) groups is 3. The molecule has 134 valence electrons. The molecule has 1 aromatic rings. The van der Waals surface area contributed by atoms with Crippen molar-refractivity contribution < 1.29 is 23.5 Å². The van der Waals surface area contributed by atoms with Crippen LogP contribution in [0.4, 0.5) is 20.6 Å². The first-order valence-corrected chi connectivity index (χ1v) is 8.65. The van der Waals surface area contributed by atoms with Crippen molar-refractivity contribution >= 4 is 41.0 Å². The molecule has 3 rings (SSSR count). The van der Waals surface area contributed by atoms with Gasteiger partial charge in [0.1, 0.15) is 5.82 Å². The van der Waals surface area contributed by atoms with E-state index in [1.54, 1.807) is 6.07 Å². The average molecular weight is 367 g/mol. The second-order valence-electron chi connectivity index (χ2n) is 6.85. The highest BCUT2D eigenvalue weighted by Gasteiger charge is 2.39. The van der Waals surface area contributed by atoms with E-state index in [1.165, 1.54) is 22.7 Å². The maximum Gasteiger partial charge on any atom is 0.415 e. The van der Waals surface area contributed by atoms with E-state index in [4.69, 9.17) is 10.5 Å². The van der Waals surface area contributed by atoms with Crippen LogP contribution in [-0.4, -0.2) is 41.8 Å². The topological polar surface area (TPSA) is 92.9 Å². The third kappa shape index (κ3) is 3.04. The first-order valence-electron chi connectivity index (χ1n) is 7.66. The number of anilines is 2. The summed E-state index contributed by atoms with van der Waals surface area (Å²) in [6.07, 6.45) is -1.82. The van der Waals surface area contributed by atoms with E-state index < -0.39 is 29.5 Å². The number of fused-ring (bicyclic) bond motifs is 1. The molecule has 0 aromatic heterocycles. The lowest BCUT2D eigenvalue weighted by molar-refractivity contribution is -0.124. The highest BCUT2D eigenvalue weighted by atomic mass is 32.2. The molecule has 1 fully saturated rings. The van der Waals surface area contributed by atoms with Crippen LogP contribution in [0.15, 0.2) is 17.0 Å². The molecule has 0 spiro atoms. The molecule has 9 heteroatoms. The predicted octanol–water partition coefficient (Wildman–Crippen LogP) is 1.87. The number of carbonyl (C=O) groups excluding carboxylic acids is 3. The zero-order valence-electron chi connectivity index (χ0n) is 14.0. The molecule has 1 saturated heterocycles. The van der Waals surface area contributed by atoms with Gasteiger partial charge in [0.05, 0.1) is 23.7 Å². The summed E-state index contributed by atoms with van der Waals surface area (Å²) in [4.78, 5) is 38.6. The smallest absolute Gasteiger partial charge is 0.415 e. The number of primary amides is 1. The number of hydrogen-bond donors (Lipinski definition) is 1. The van der Waals surface area contributed by atoms with E-state index in [0.29, 0.717) is 4.90 Å². The van der Waals surface area contributed by atoms with Crippen molar-refractivity contribution in [3.05, 3.63) is 17.9 Å². The molecule has 0 bridgehead atoms. The standard InChI is InChI=1S/C16H18FN3O4S/c1-16(2,3)20-12(21)7-25-11-5-8(4-9(17)13(11)20)19-6-10(14(18)22)24-15(19)23/h4-5,10H,6-7H2,1-3H3,(H2,18,22)/t10-/m1/s1. The summed E-state index contributed by atoms with van der Waals surface area (Å²) < 4.78 is 19.7. The highest BCUT2D eigenvalue weighted by molar-refractivity contribution is 8.00. The number of benzene rings is 1. The van der Waals surface area contributed by atoms with E-state index >= 15 is 0 Å². The van der Waals surface area contributed by atoms with Crippen LogP contribution in [0.25, 0.3) is 0 Å². The third-order valence-electron chi connectivity index (χ3n) is 3.95. The molecule has 2 N–H and O–H groups in total. The molecular weight excluding hydrogens is 349 g/mol. The van der Waals surface area contributed by atoms with Crippen molar-refractivity contribution in [1.29, 1.82) is 0 Å². The Labute approximate surface area is 148 Å². The van der Waals surface area contributed by atoms with E-state index in [1.807, 2.05) is 20.8 Å². The van der Waals surface area contributed by atoms with Gasteiger partial charge < -0.3 is 15.4 Å². The highest BCUT2D eigenvalue weighted by Crippen LogP contribution is 2.43. The largest absolute Gasteiger partial charge is 0.434 e. The molecule has 1 aromatic carbocycles. The Morgan fingerprint density at radius 1 is 1.36 bits per heavy atom. The number of amides is 3. The van der Waals surface area contributed by atoms with Crippen molar-refractivity contribution in [1.82, 2.24) is 0 Å². The van der Waals surface area contributed by atoms with Gasteiger partial charge in [-0.05, 0) is 32.9 Å². The fourth-order valence-electron chi connectivity index (χ4n) is 2.90. The number of hydrogen-bond acceptors (Lipinski definition) is 5. The van der Waals surface area contributed by atoms with Crippen LogP contribution in [0.5, 0.6) is 0 Å². The number of halogens is 1. The average Bonchev–Trinajstić information content (AvgIpc) is 2.88. The van der Waals surface area contributed by atoms with Crippen molar-refractivity contribution in [2.75, 3.05) is 22.1 Å². The Morgan fingerprint density at radius 3 is 2.60 bits per heavy atom. The molecular formula is C16H18FN3O4S. The van der Waals surface area contributed by atoms with Gasteiger partial charge in [0.15, 0.2) is 6.10 Å². The van der Waals surface area contributed by atoms with Gasteiger partial charge in [-0.3, -0.25) is 14.5 Å². The van der Waals surface area contributed by atoms with Gasteiger partial charge in [-0.2, -0.15) is 0 Å². The minimum absolute atomic E-state index is 0.0705. The minimum Gasteiger partial charge on any atom is -0.434 e. The van der Waals surface area contributed by atoms with Crippen molar-refractivity contribution in [3.8, 4) is 0 Å². The fourth-order valence-corrected chi connectivity index (χ4v) is 3.84. The summed E-state index contributed by atoms with van der Waals surface area (Å²) in [7, 11) is 0. The number of cyclic esters (lactones) is 1. The number of nitrogens with two attached hydrogens (primary N) is 1. The Hall–Kier alpha value is -2.29. The second kappa shape index (κ2) is 5.91. The van der Waals surface area contributed by atoms with E-state index in [9.17, 15) is 18.8 Å². The molecule has 0 aliphatic carbocycles. The number of rotatable bonds is 2. The summed E-state index contributed by atoms with van der Waals surface area (Å²) in [5.74, 6) is -1.36. The van der Waals surface area contributed by atoms with E-state index in [-0.39, 0.29) is 29.6 Å². The molecule has 2 aliphatic heterocycles. The zero-order valence-corrected chi connectivity index (χ0v) is 14.9. The molecule has 25 heavy (non-hydrogen) atoms. The Bertz CT molecular complexity index is 777. The Morgan fingerprint density at radius 2 is 2.04 bits per heavy atom. The second-order valence-corrected chi connectivity index (χ2v) is 7.87. The maximum absolute atomic E-state index is 14.8. The zero-order chi connectivity index (χ0) is 18.5. The summed E-state index contributed by atoms with van der Waals surface area (Å²) in [5, 5.41) is 0. The van der Waals surface area contributed by atoms with Crippen LogP contribution in [-0.2, 0) is 14.3 Å². The van der Waals surface area contributed by atoms with Gasteiger partial charge in [-0.25, -0.2) is 9.18 Å². The summed E-state index contributed by atoms with van der Waals surface area (Å²) in [5.41, 5.74) is 5.04. The first-order chi connectivity index (χ1) is 11.6. The first kappa shape index (κ1) is 17.5.